The first kappa shape index (κ1) is 10.5. The van der Waals surface area contributed by atoms with Crippen LogP contribution < -0.4 is 0 Å². The fraction of sp³-hybridized carbons (Fsp3) is 0. The van der Waals surface area contributed by atoms with Crippen molar-refractivity contribution in [2.45, 2.75) is 0 Å². The van der Waals surface area contributed by atoms with Crippen LogP contribution in [0.3, 0.4) is 0 Å². The fourth-order valence-electron chi connectivity index (χ4n) is 3.27. The lowest BCUT2D eigenvalue weighted by molar-refractivity contribution is 1.54. The highest BCUT2D eigenvalue weighted by atomic mass is 14.7. The van der Waals surface area contributed by atoms with Gasteiger partial charge in [-0.15, -0.1) is 0 Å². The van der Waals surface area contributed by atoms with Crippen molar-refractivity contribution < 1.29 is 5.48 Å². The first-order valence-electron chi connectivity index (χ1n) is 10.2. The molecule has 0 spiro atoms. The molecule has 118 valence electrons. The van der Waals surface area contributed by atoms with Gasteiger partial charge in [-0.1, -0.05) is 78.8 Å². The van der Waals surface area contributed by atoms with Crippen molar-refractivity contribution in [2.75, 3.05) is 0 Å². The van der Waals surface area contributed by atoms with Gasteiger partial charge >= 0.3 is 0 Å². The maximum absolute atomic E-state index is 8.31. The molecule has 1 N–H and O–H groups in total. The Morgan fingerprint density at radius 3 is 2.00 bits per heavy atom. The van der Waals surface area contributed by atoms with Crippen LogP contribution >= 0.6 is 0 Å². The zero-order valence-electron chi connectivity index (χ0n) is 17.4. The Bertz CT molecular complexity index is 1370. The Hall–Kier alpha value is -3.32. The lowest BCUT2D eigenvalue weighted by Gasteiger charge is -2.05. The van der Waals surface area contributed by atoms with E-state index in [2.05, 4.69) is 41.4 Å². The van der Waals surface area contributed by atoms with Gasteiger partial charge in [-0.3, -0.25) is 0 Å². The predicted molar refractivity (Wildman–Crippen MR) is 107 cm³/mol. The number of nitrogens with one attached hydrogen (secondary N) is 1. The molecule has 0 saturated carbocycles. The maximum Gasteiger partial charge on any atom is 0.0645 e. The van der Waals surface area contributed by atoms with E-state index in [1.54, 1.807) is 0 Å². The van der Waals surface area contributed by atoms with Gasteiger partial charge < -0.3 is 4.98 Å². The summed E-state index contributed by atoms with van der Waals surface area (Å²) in [4.78, 5) is 3.15. The van der Waals surface area contributed by atoms with Gasteiger partial charge in [0, 0.05) is 21.8 Å². The summed E-state index contributed by atoms with van der Waals surface area (Å²) in [5.41, 5.74) is 5.63. The van der Waals surface area contributed by atoms with Crippen LogP contribution in [-0.4, -0.2) is 4.98 Å². The molecule has 4 aromatic carbocycles. The minimum atomic E-state index is -0.217. The second-order valence-electron chi connectivity index (χ2n) is 6.08. The second-order valence-corrected chi connectivity index (χ2v) is 6.08. The molecule has 25 heavy (non-hydrogen) atoms. The average Bonchev–Trinajstić information content (AvgIpc) is 3.16. The molecule has 0 saturated heterocycles. The highest BCUT2D eigenvalue weighted by Crippen LogP contribution is 2.31. The molecule has 1 heterocycles. The van der Waals surface area contributed by atoms with E-state index in [-0.39, 0.29) is 24.2 Å². The zero-order valence-corrected chi connectivity index (χ0v) is 13.4. The Kier molecular flexibility index (Phi) is 2.38. The fourth-order valence-corrected chi connectivity index (χ4v) is 3.27. The molecule has 1 aromatic heterocycles. The normalized spacial score (nSPS) is 13.4. The quantitative estimate of drug-likeness (QED) is 0.374. The largest absolute Gasteiger partial charge is 0.355 e. The highest BCUT2D eigenvalue weighted by molar-refractivity contribution is 6.08. The SMILES string of the molecule is [2H]c1c([2H])c([2H])c2c([nH]c3ccc(-c4ccc(-c5ccccc5)cc4)cc32)c1[2H]. The number of aromatic amines is 1. The minimum absolute atomic E-state index is 0.0103. The Morgan fingerprint density at radius 1 is 0.560 bits per heavy atom. The third kappa shape index (κ3) is 2.41. The Labute approximate surface area is 152 Å². The Morgan fingerprint density at radius 2 is 1.20 bits per heavy atom. The predicted octanol–water partition coefficient (Wildman–Crippen LogP) is 6.66. The third-order valence-corrected chi connectivity index (χ3v) is 4.56. The molecule has 1 heteroatoms. The van der Waals surface area contributed by atoms with Gasteiger partial charge in [0.15, 0.2) is 0 Å². The molecule has 0 bridgehead atoms. The number of rotatable bonds is 2. The molecule has 0 unspecified atom stereocenters. The monoisotopic (exact) mass is 323 g/mol. The van der Waals surface area contributed by atoms with Gasteiger partial charge in [-0.05, 0) is 40.4 Å². The van der Waals surface area contributed by atoms with E-state index in [9.17, 15) is 0 Å². The van der Waals surface area contributed by atoms with Crippen molar-refractivity contribution in [1.82, 2.24) is 4.98 Å². The molecule has 5 rings (SSSR count). The first-order valence-corrected chi connectivity index (χ1v) is 8.22. The van der Waals surface area contributed by atoms with Crippen LogP contribution in [0.2, 0.25) is 0 Å². The first-order chi connectivity index (χ1) is 14.0. The van der Waals surface area contributed by atoms with Crippen molar-refractivity contribution in [3.05, 3.63) is 97.0 Å². The van der Waals surface area contributed by atoms with Crippen LogP contribution in [0.1, 0.15) is 5.48 Å². The summed E-state index contributed by atoms with van der Waals surface area (Å²) in [6, 6.07) is 24.0. The molecule has 0 aliphatic rings. The Balaban J connectivity index is 1.66. The van der Waals surface area contributed by atoms with Crippen LogP contribution in [-0.2, 0) is 0 Å². The summed E-state index contributed by atoms with van der Waals surface area (Å²) in [6.45, 7) is 0. The highest BCUT2D eigenvalue weighted by Gasteiger charge is 2.06. The van der Waals surface area contributed by atoms with Gasteiger partial charge in [0.25, 0.3) is 0 Å². The third-order valence-electron chi connectivity index (χ3n) is 4.56. The van der Waals surface area contributed by atoms with Crippen LogP contribution in [0.5, 0.6) is 0 Å². The summed E-state index contributed by atoms with van der Waals surface area (Å²) < 4.78 is 32.4. The number of para-hydroxylation sites is 1. The smallest absolute Gasteiger partial charge is 0.0645 e. The van der Waals surface area contributed by atoms with E-state index in [1.165, 1.54) is 5.56 Å². The van der Waals surface area contributed by atoms with Crippen molar-refractivity contribution in [3.63, 3.8) is 0 Å². The lowest BCUT2D eigenvalue weighted by Crippen LogP contribution is -1.80. The molecular formula is C24H17N. The minimum Gasteiger partial charge on any atom is -0.355 e. The summed E-state index contributed by atoms with van der Waals surface area (Å²) >= 11 is 0. The summed E-state index contributed by atoms with van der Waals surface area (Å²) in [5.74, 6) is 0. The molecule has 0 aliphatic heterocycles. The van der Waals surface area contributed by atoms with Crippen molar-refractivity contribution in [3.8, 4) is 22.3 Å². The van der Waals surface area contributed by atoms with Crippen molar-refractivity contribution in [1.29, 1.82) is 0 Å². The number of aromatic nitrogens is 1. The number of hydrogen-bond acceptors (Lipinski definition) is 0. The zero-order chi connectivity index (χ0) is 20.1. The van der Waals surface area contributed by atoms with Crippen molar-refractivity contribution >= 4 is 21.8 Å². The van der Waals surface area contributed by atoms with E-state index in [0.717, 1.165) is 27.6 Å². The van der Waals surface area contributed by atoms with Crippen LogP contribution in [0.15, 0.2) is 97.0 Å². The van der Waals surface area contributed by atoms with Gasteiger partial charge in [0.1, 0.15) is 0 Å². The van der Waals surface area contributed by atoms with Gasteiger partial charge in [0.2, 0.25) is 0 Å². The van der Waals surface area contributed by atoms with Crippen LogP contribution in [0, 0.1) is 0 Å². The number of hydrogen-bond donors (Lipinski definition) is 1. The molecule has 0 fully saturated rings. The van der Waals surface area contributed by atoms with E-state index >= 15 is 0 Å². The molecule has 0 aliphatic carbocycles. The molecule has 0 amide bonds. The molecule has 1 nitrogen and oxygen atoms in total. The van der Waals surface area contributed by atoms with Crippen LogP contribution in [0.4, 0.5) is 0 Å². The van der Waals surface area contributed by atoms with Crippen molar-refractivity contribution in [2.24, 2.45) is 0 Å². The molecular weight excluding hydrogens is 302 g/mol. The molecule has 0 atom stereocenters. The average molecular weight is 323 g/mol. The lowest BCUT2D eigenvalue weighted by atomic mass is 9.99. The van der Waals surface area contributed by atoms with Gasteiger partial charge in [0.05, 0.1) is 5.48 Å². The summed E-state index contributed by atoms with van der Waals surface area (Å²) in [5, 5.41) is 1.34. The van der Waals surface area contributed by atoms with Crippen LogP contribution in [0.25, 0.3) is 44.1 Å². The maximum atomic E-state index is 8.31. The van der Waals surface area contributed by atoms with Gasteiger partial charge in [-0.25, -0.2) is 0 Å². The number of H-pyrrole nitrogens is 1. The van der Waals surface area contributed by atoms with E-state index in [1.807, 2.05) is 36.4 Å². The van der Waals surface area contributed by atoms with E-state index < -0.39 is 0 Å². The van der Waals surface area contributed by atoms with E-state index in [4.69, 9.17) is 5.48 Å². The molecule has 5 aromatic rings. The second kappa shape index (κ2) is 5.64. The molecule has 0 radical (unpaired) electrons. The standard InChI is InChI=1S/C24H17N/c1-2-6-17(7-3-1)18-10-12-19(13-11-18)20-14-15-24-22(16-20)21-8-4-5-9-23(21)25-24/h1-16,25H/i4D,5D,8D,9D. The number of benzene rings is 4. The number of fused-ring (bicyclic) bond motifs is 3. The topological polar surface area (TPSA) is 15.8 Å². The van der Waals surface area contributed by atoms with E-state index in [0.29, 0.717) is 10.9 Å². The summed E-state index contributed by atoms with van der Waals surface area (Å²) in [7, 11) is 0. The van der Waals surface area contributed by atoms with Gasteiger partial charge in [-0.2, -0.15) is 0 Å². The summed E-state index contributed by atoms with van der Waals surface area (Å²) in [6.07, 6.45) is 0.